The molecule has 0 bridgehead atoms. The number of aromatic nitrogens is 1. The van der Waals surface area contributed by atoms with Gasteiger partial charge in [-0.1, -0.05) is 5.16 Å². The highest BCUT2D eigenvalue weighted by atomic mass is 16.5. The normalized spacial score (nSPS) is 23.3. The molecule has 106 valence electrons. The van der Waals surface area contributed by atoms with Gasteiger partial charge in [0.2, 0.25) is 5.91 Å². The lowest BCUT2D eigenvalue weighted by molar-refractivity contribution is -0.126. The Morgan fingerprint density at radius 2 is 2.05 bits per heavy atom. The van der Waals surface area contributed by atoms with Crippen molar-refractivity contribution in [3.05, 3.63) is 17.0 Å². The van der Waals surface area contributed by atoms with Crippen molar-refractivity contribution >= 4 is 5.91 Å². The average Bonchev–Trinajstić information content (AvgIpc) is 2.71. The topological polar surface area (TPSA) is 75.4 Å². The molecular formula is C14H22N2O3. The van der Waals surface area contributed by atoms with Crippen LogP contribution in [0.2, 0.25) is 0 Å². The van der Waals surface area contributed by atoms with Crippen molar-refractivity contribution in [1.29, 1.82) is 0 Å². The molecule has 1 saturated carbocycles. The zero-order valence-electron chi connectivity index (χ0n) is 11.6. The van der Waals surface area contributed by atoms with Crippen LogP contribution >= 0.6 is 0 Å². The van der Waals surface area contributed by atoms with Gasteiger partial charge in [0, 0.05) is 18.0 Å². The monoisotopic (exact) mass is 266 g/mol. The van der Waals surface area contributed by atoms with Gasteiger partial charge in [-0.3, -0.25) is 4.79 Å². The summed E-state index contributed by atoms with van der Waals surface area (Å²) in [7, 11) is 0. The van der Waals surface area contributed by atoms with Crippen LogP contribution in [0.25, 0.3) is 0 Å². The van der Waals surface area contributed by atoms with Gasteiger partial charge in [0.15, 0.2) is 0 Å². The molecule has 0 radical (unpaired) electrons. The van der Waals surface area contributed by atoms with Gasteiger partial charge in [-0.05, 0) is 46.0 Å². The molecule has 0 aliphatic heterocycles. The molecule has 0 unspecified atom stereocenters. The number of aryl methyl sites for hydroxylation is 2. The molecule has 5 nitrogen and oxygen atoms in total. The predicted molar refractivity (Wildman–Crippen MR) is 70.7 cm³/mol. The van der Waals surface area contributed by atoms with Gasteiger partial charge >= 0.3 is 0 Å². The standard InChI is InChI=1S/C14H22N2O3/c1-9-13(10(2)19-16-9)7-8-15-14(18)11-3-5-12(17)6-4-11/h11-12,17H,3-8H2,1-2H3,(H,15,18). The summed E-state index contributed by atoms with van der Waals surface area (Å²) >= 11 is 0. The molecule has 1 aromatic heterocycles. The number of hydrogen-bond donors (Lipinski definition) is 2. The van der Waals surface area contributed by atoms with Crippen LogP contribution in [0.5, 0.6) is 0 Å². The summed E-state index contributed by atoms with van der Waals surface area (Å²) in [4.78, 5) is 12.0. The number of nitrogens with zero attached hydrogens (tertiary/aromatic N) is 1. The summed E-state index contributed by atoms with van der Waals surface area (Å²) in [5.41, 5.74) is 1.98. The second kappa shape index (κ2) is 6.19. The van der Waals surface area contributed by atoms with E-state index in [1.165, 1.54) is 0 Å². The zero-order valence-corrected chi connectivity index (χ0v) is 11.6. The van der Waals surface area contributed by atoms with Gasteiger partial charge < -0.3 is 14.9 Å². The SMILES string of the molecule is Cc1noc(C)c1CCNC(=O)C1CCC(O)CC1. The number of hydrogen-bond acceptors (Lipinski definition) is 4. The smallest absolute Gasteiger partial charge is 0.223 e. The number of carbonyl (C=O) groups is 1. The molecule has 1 amide bonds. The van der Waals surface area contributed by atoms with Crippen molar-refractivity contribution in [2.24, 2.45) is 5.92 Å². The van der Waals surface area contributed by atoms with Crippen LogP contribution in [0.4, 0.5) is 0 Å². The van der Waals surface area contributed by atoms with E-state index in [1.807, 2.05) is 13.8 Å². The minimum Gasteiger partial charge on any atom is -0.393 e. The van der Waals surface area contributed by atoms with Gasteiger partial charge in [-0.2, -0.15) is 0 Å². The number of nitrogens with one attached hydrogen (secondary N) is 1. The Labute approximate surface area is 113 Å². The van der Waals surface area contributed by atoms with E-state index in [-0.39, 0.29) is 17.9 Å². The van der Waals surface area contributed by atoms with Crippen LogP contribution in [0, 0.1) is 19.8 Å². The van der Waals surface area contributed by atoms with Crippen molar-refractivity contribution in [3.8, 4) is 0 Å². The van der Waals surface area contributed by atoms with E-state index in [2.05, 4.69) is 10.5 Å². The Bertz CT molecular complexity index is 414. The lowest BCUT2D eigenvalue weighted by atomic mass is 9.87. The quantitative estimate of drug-likeness (QED) is 0.866. The molecule has 1 aliphatic carbocycles. The molecule has 2 rings (SSSR count). The molecule has 5 heteroatoms. The number of aliphatic hydroxyl groups excluding tert-OH is 1. The molecule has 19 heavy (non-hydrogen) atoms. The molecule has 1 aromatic rings. The van der Waals surface area contributed by atoms with E-state index in [0.717, 1.165) is 49.1 Å². The molecule has 0 aromatic carbocycles. The lowest BCUT2D eigenvalue weighted by Crippen LogP contribution is -2.35. The number of amides is 1. The molecule has 2 N–H and O–H groups in total. The Hall–Kier alpha value is -1.36. The summed E-state index contributed by atoms with van der Waals surface area (Å²) in [5, 5.41) is 16.3. The maximum Gasteiger partial charge on any atom is 0.223 e. The highest BCUT2D eigenvalue weighted by Gasteiger charge is 2.24. The summed E-state index contributed by atoms with van der Waals surface area (Å²) in [6.45, 7) is 4.41. The van der Waals surface area contributed by atoms with E-state index in [4.69, 9.17) is 4.52 Å². The van der Waals surface area contributed by atoms with Crippen molar-refractivity contribution in [2.45, 2.75) is 52.1 Å². The Morgan fingerprint density at radius 1 is 1.37 bits per heavy atom. The van der Waals surface area contributed by atoms with Crippen molar-refractivity contribution in [3.63, 3.8) is 0 Å². The Morgan fingerprint density at radius 3 is 2.63 bits per heavy atom. The Balaban J connectivity index is 1.75. The number of carbonyl (C=O) groups excluding carboxylic acids is 1. The summed E-state index contributed by atoms with van der Waals surface area (Å²) in [5.74, 6) is 0.999. The highest BCUT2D eigenvalue weighted by Crippen LogP contribution is 2.24. The largest absolute Gasteiger partial charge is 0.393 e. The first-order valence-electron chi connectivity index (χ1n) is 6.95. The van der Waals surface area contributed by atoms with Gasteiger partial charge in [0.05, 0.1) is 11.8 Å². The second-order valence-corrected chi connectivity index (χ2v) is 5.35. The van der Waals surface area contributed by atoms with Gasteiger partial charge in [-0.25, -0.2) is 0 Å². The molecular weight excluding hydrogens is 244 g/mol. The molecule has 1 aliphatic rings. The fourth-order valence-corrected chi connectivity index (χ4v) is 2.65. The van der Waals surface area contributed by atoms with Crippen molar-refractivity contribution in [1.82, 2.24) is 10.5 Å². The molecule has 1 fully saturated rings. The van der Waals surface area contributed by atoms with Gasteiger partial charge in [0.25, 0.3) is 0 Å². The predicted octanol–water partition coefficient (Wildman–Crippen LogP) is 1.50. The van der Waals surface area contributed by atoms with Crippen molar-refractivity contribution in [2.75, 3.05) is 6.54 Å². The van der Waals surface area contributed by atoms with E-state index >= 15 is 0 Å². The van der Waals surface area contributed by atoms with Crippen LogP contribution in [0.1, 0.15) is 42.7 Å². The van der Waals surface area contributed by atoms with E-state index in [0.29, 0.717) is 6.54 Å². The highest BCUT2D eigenvalue weighted by molar-refractivity contribution is 5.78. The van der Waals surface area contributed by atoms with E-state index < -0.39 is 0 Å². The van der Waals surface area contributed by atoms with Crippen LogP contribution in [-0.2, 0) is 11.2 Å². The summed E-state index contributed by atoms with van der Waals surface area (Å²) in [6, 6.07) is 0. The second-order valence-electron chi connectivity index (χ2n) is 5.35. The maximum absolute atomic E-state index is 12.0. The third-order valence-electron chi connectivity index (χ3n) is 3.92. The van der Waals surface area contributed by atoms with Gasteiger partial charge in [-0.15, -0.1) is 0 Å². The minimum absolute atomic E-state index is 0.0630. The number of aliphatic hydroxyl groups is 1. The van der Waals surface area contributed by atoms with Crippen LogP contribution in [0.15, 0.2) is 4.52 Å². The zero-order chi connectivity index (χ0) is 13.8. The van der Waals surface area contributed by atoms with Gasteiger partial charge in [0.1, 0.15) is 5.76 Å². The summed E-state index contributed by atoms with van der Waals surface area (Å²) in [6.07, 6.45) is 3.59. The molecule has 0 atom stereocenters. The fourth-order valence-electron chi connectivity index (χ4n) is 2.65. The minimum atomic E-state index is -0.216. The number of rotatable bonds is 4. The van der Waals surface area contributed by atoms with Crippen LogP contribution in [0.3, 0.4) is 0 Å². The van der Waals surface area contributed by atoms with Crippen LogP contribution < -0.4 is 5.32 Å². The summed E-state index contributed by atoms with van der Waals surface area (Å²) < 4.78 is 5.09. The Kier molecular flexibility index (Phi) is 4.58. The lowest BCUT2D eigenvalue weighted by Gasteiger charge is -2.24. The third kappa shape index (κ3) is 3.56. The third-order valence-corrected chi connectivity index (χ3v) is 3.92. The van der Waals surface area contributed by atoms with Crippen LogP contribution in [-0.4, -0.2) is 28.8 Å². The average molecular weight is 266 g/mol. The molecule has 1 heterocycles. The molecule has 0 saturated heterocycles. The first-order chi connectivity index (χ1) is 9.08. The fraction of sp³-hybridized carbons (Fsp3) is 0.714. The van der Waals surface area contributed by atoms with E-state index in [9.17, 15) is 9.90 Å². The van der Waals surface area contributed by atoms with E-state index in [1.54, 1.807) is 0 Å². The first kappa shape index (κ1) is 14.1. The van der Waals surface area contributed by atoms with Crippen molar-refractivity contribution < 1.29 is 14.4 Å². The first-order valence-corrected chi connectivity index (χ1v) is 6.95. The molecule has 0 spiro atoms. The maximum atomic E-state index is 12.0.